The topological polar surface area (TPSA) is 113 Å². The van der Waals surface area contributed by atoms with Gasteiger partial charge in [0.2, 0.25) is 5.82 Å². The molecular formula is C16H10BBrN4O4S. The number of ether oxygens (including phenoxy) is 1. The molecule has 134 valence electrons. The summed E-state index contributed by atoms with van der Waals surface area (Å²) in [5.74, 6) is -0.298. The van der Waals surface area contributed by atoms with Gasteiger partial charge in [-0.15, -0.1) is 11.3 Å². The smallest absolute Gasteiger partial charge is 0.287 e. The van der Waals surface area contributed by atoms with Gasteiger partial charge < -0.3 is 20.4 Å². The Kier molecular flexibility index (Phi) is 4.48. The fourth-order valence-electron chi connectivity index (χ4n) is 2.61. The Morgan fingerprint density at radius 3 is 3.04 bits per heavy atom. The van der Waals surface area contributed by atoms with Crippen molar-refractivity contribution >= 4 is 67.6 Å². The van der Waals surface area contributed by atoms with Gasteiger partial charge in [-0.1, -0.05) is 6.07 Å². The van der Waals surface area contributed by atoms with E-state index < -0.39 is 11.5 Å². The van der Waals surface area contributed by atoms with Crippen LogP contribution in [-0.2, 0) is 11.3 Å². The van der Waals surface area contributed by atoms with Crippen molar-refractivity contribution in [2.75, 3.05) is 11.9 Å². The Labute approximate surface area is 165 Å². The number of anilines is 1. The second-order valence-electron chi connectivity index (χ2n) is 5.73. The number of benzene rings is 1. The van der Waals surface area contributed by atoms with Crippen LogP contribution in [0.2, 0.25) is 0 Å². The van der Waals surface area contributed by atoms with Gasteiger partial charge in [-0.2, -0.15) is 0 Å². The van der Waals surface area contributed by atoms with Crippen LogP contribution in [0.25, 0.3) is 10.2 Å². The molecule has 0 atom stereocenters. The van der Waals surface area contributed by atoms with Crippen LogP contribution in [0, 0.1) is 0 Å². The normalized spacial score (nSPS) is 13.0. The van der Waals surface area contributed by atoms with Crippen molar-refractivity contribution in [1.82, 2.24) is 15.3 Å². The second kappa shape index (κ2) is 6.82. The number of nitrogens with one attached hydrogen (secondary N) is 3. The highest BCUT2D eigenvalue weighted by Crippen LogP contribution is 2.28. The third kappa shape index (κ3) is 3.35. The number of carbonyl (C=O) groups is 2. The second-order valence-corrected chi connectivity index (χ2v) is 7.55. The van der Waals surface area contributed by atoms with Crippen molar-refractivity contribution in [3.05, 3.63) is 44.4 Å². The fourth-order valence-corrected chi connectivity index (χ4v) is 4.18. The number of halogens is 1. The molecule has 0 saturated carbocycles. The number of aromatic nitrogens is 2. The van der Waals surface area contributed by atoms with Crippen LogP contribution in [0.5, 0.6) is 5.75 Å². The molecule has 2 radical (unpaired) electrons. The predicted molar refractivity (Wildman–Crippen MR) is 105 cm³/mol. The molecular weight excluding hydrogens is 435 g/mol. The lowest BCUT2D eigenvalue weighted by atomic mass is 10.1. The van der Waals surface area contributed by atoms with E-state index in [-0.39, 0.29) is 24.9 Å². The van der Waals surface area contributed by atoms with Crippen molar-refractivity contribution in [2.45, 2.75) is 6.54 Å². The summed E-state index contributed by atoms with van der Waals surface area (Å²) in [7, 11) is 5.79. The summed E-state index contributed by atoms with van der Waals surface area (Å²) >= 11 is 4.36. The number of carbonyl (C=O) groups excluding carboxylic acids is 2. The van der Waals surface area contributed by atoms with Gasteiger partial charge >= 0.3 is 0 Å². The van der Waals surface area contributed by atoms with Gasteiger partial charge in [-0.05, 0) is 38.4 Å². The Balaban J connectivity index is 1.53. The minimum absolute atomic E-state index is 0.0199. The Morgan fingerprint density at radius 2 is 2.22 bits per heavy atom. The number of nitrogens with zero attached hydrogens (tertiary/aromatic N) is 1. The highest BCUT2D eigenvalue weighted by Gasteiger charge is 2.18. The number of aromatic amines is 1. The molecule has 27 heavy (non-hydrogen) atoms. The zero-order chi connectivity index (χ0) is 19.1. The van der Waals surface area contributed by atoms with Gasteiger partial charge in [-0.25, -0.2) is 4.98 Å². The van der Waals surface area contributed by atoms with Gasteiger partial charge in [0.05, 0.1) is 11.1 Å². The van der Waals surface area contributed by atoms with Crippen LogP contribution >= 0.6 is 27.3 Å². The molecule has 3 N–H and O–H groups in total. The minimum atomic E-state index is -0.532. The van der Waals surface area contributed by atoms with E-state index in [1.165, 1.54) is 0 Å². The molecule has 0 aliphatic carbocycles. The Hall–Kier alpha value is -2.66. The van der Waals surface area contributed by atoms with Crippen LogP contribution in [0.15, 0.2) is 27.5 Å². The zero-order valence-corrected chi connectivity index (χ0v) is 16.0. The van der Waals surface area contributed by atoms with Gasteiger partial charge in [0, 0.05) is 11.0 Å². The van der Waals surface area contributed by atoms with Crippen molar-refractivity contribution in [3.63, 3.8) is 0 Å². The first-order valence-electron chi connectivity index (χ1n) is 7.74. The monoisotopic (exact) mass is 444 g/mol. The summed E-state index contributed by atoms with van der Waals surface area (Å²) < 4.78 is 6.18. The molecule has 3 heterocycles. The van der Waals surface area contributed by atoms with E-state index >= 15 is 0 Å². The Morgan fingerprint density at radius 1 is 1.41 bits per heavy atom. The third-order valence-corrected chi connectivity index (χ3v) is 5.87. The summed E-state index contributed by atoms with van der Waals surface area (Å²) in [4.78, 5) is 43.0. The highest BCUT2D eigenvalue weighted by molar-refractivity contribution is 9.11. The molecule has 0 fully saturated rings. The zero-order valence-electron chi connectivity index (χ0n) is 13.6. The van der Waals surface area contributed by atoms with E-state index in [9.17, 15) is 14.4 Å². The molecule has 1 aliphatic rings. The fraction of sp³-hybridized carbons (Fsp3) is 0.125. The van der Waals surface area contributed by atoms with Gasteiger partial charge in [0.1, 0.15) is 18.4 Å². The maximum absolute atomic E-state index is 12.4. The lowest BCUT2D eigenvalue weighted by Crippen LogP contribution is -2.28. The standard InChI is InChI=1S/C16H10BBrN4O4S/c17-12-11(18)10-14(24)21-13(22-16(10)27-12)15(25)19-4-6-1-2-8-7(3-6)20-9(23)5-26-8/h1-3H,4-5H2,(H,19,25)(H,20,23)(H,21,22,24). The molecule has 2 amide bonds. The average molecular weight is 445 g/mol. The van der Waals surface area contributed by atoms with E-state index in [1.807, 2.05) is 0 Å². The summed E-state index contributed by atoms with van der Waals surface area (Å²) in [6.45, 7) is 0.161. The molecule has 0 bridgehead atoms. The van der Waals surface area contributed by atoms with Gasteiger partial charge in [0.25, 0.3) is 17.4 Å². The molecule has 1 aliphatic heterocycles. The number of thiophene rings is 1. The number of fused-ring (bicyclic) bond motifs is 2. The van der Waals surface area contributed by atoms with Crippen molar-refractivity contribution < 1.29 is 14.3 Å². The molecule has 4 rings (SSSR count). The lowest BCUT2D eigenvalue weighted by Gasteiger charge is -2.18. The summed E-state index contributed by atoms with van der Waals surface area (Å²) in [6.07, 6.45) is 0. The Bertz CT molecular complexity index is 1160. The maximum Gasteiger partial charge on any atom is 0.287 e. The van der Waals surface area contributed by atoms with Crippen molar-refractivity contribution in [2.24, 2.45) is 0 Å². The maximum atomic E-state index is 12.4. The molecule has 3 aromatic rings. The number of hydrogen-bond acceptors (Lipinski definition) is 6. The van der Waals surface area contributed by atoms with Crippen LogP contribution in [0.3, 0.4) is 0 Å². The average Bonchev–Trinajstić information content (AvgIpc) is 2.93. The van der Waals surface area contributed by atoms with E-state index in [2.05, 4.69) is 36.5 Å². The first kappa shape index (κ1) is 17.7. The van der Waals surface area contributed by atoms with Crippen LogP contribution < -0.4 is 25.7 Å². The minimum Gasteiger partial charge on any atom is -0.482 e. The number of H-pyrrole nitrogens is 1. The highest BCUT2D eigenvalue weighted by atomic mass is 79.9. The van der Waals surface area contributed by atoms with Crippen LogP contribution in [0.4, 0.5) is 5.69 Å². The van der Waals surface area contributed by atoms with E-state index in [0.29, 0.717) is 30.9 Å². The predicted octanol–water partition coefficient (Wildman–Crippen LogP) is 0.802. The first-order valence-corrected chi connectivity index (χ1v) is 9.35. The molecule has 1 aromatic carbocycles. The van der Waals surface area contributed by atoms with E-state index in [0.717, 1.165) is 16.9 Å². The summed E-state index contributed by atoms with van der Waals surface area (Å²) in [6, 6.07) is 5.20. The van der Waals surface area contributed by atoms with Gasteiger partial charge in [0.15, 0.2) is 6.61 Å². The number of amides is 2. The van der Waals surface area contributed by atoms with E-state index in [4.69, 9.17) is 12.6 Å². The first-order chi connectivity index (χ1) is 12.9. The molecule has 0 spiro atoms. The number of hydrogen-bond donors (Lipinski definition) is 3. The largest absolute Gasteiger partial charge is 0.482 e. The molecule has 0 saturated heterocycles. The summed E-state index contributed by atoms with van der Waals surface area (Å²) in [5.41, 5.74) is 0.850. The van der Waals surface area contributed by atoms with Crippen molar-refractivity contribution in [1.29, 1.82) is 0 Å². The molecule has 8 nitrogen and oxygen atoms in total. The quantitative estimate of drug-likeness (QED) is 0.517. The molecule has 2 aromatic heterocycles. The summed E-state index contributed by atoms with van der Waals surface area (Å²) in [5, 5.41) is 5.71. The van der Waals surface area contributed by atoms with Gasteiger partial charge in [-0.3, -0.25) is 14.4 Å². The van der Waals surface area contributed by atoms with Crippen LogP contribution in [0.1, 0.15) is 16.2 Å². The number of rotatable bonds is 3. The third-order valence-electron chi connectivity index (χ3n) is 3.87. The van der Waals surface area contributed by atoms with E-state index in [1.54, 1.807) is 18.2 Å². The molecule has 0 unspecified atom stereocenters. The van der Waals surface area contributed by atoms with Crippen molar-refractivity contribution in [3.8, 4) is 5.75 Å². The lowest BCUT2D eigenvalue weighted by molar-refractivity contribution is -0.118. The molecule has 11 heteroatoms. The van der Waals surface area contributed by atoms with Crippen LogP contribution in [-0.4, -0.2) is 36.2 Å². The SMILES string of the molecule is [B]c1sc2nc(C(=O)NCc3ccc4c(c3)NC(=O)CO4)[nH]c(=O)c2c1Br.